The molecule has 0 saturated carbocycles. The summed E-state index contributed by atoms with van der Waals surface area (Å²) in [5.74, 6) is -1.67. The smallest absolute Gasteiger partial charge is 0.240 e. The van der Waals surface area contributed by atoms with Crippen molar-refractivity contribution in [3.05, 3.63) is 99.5 Å². The quantitative estimate of drug-likeness (QED) is 0.367. The summed E-state index contributed by atoms with van der Waals surface area (Å²) in [5, 5.41) is 0. The molecule has 1 fully saturated rings. The highest BCUT2D eigenvalue weighted by Crippen LogP contribution is 2.65. The van der Waals surface area contributed by atoms with Gasteiger partial charge in [-0.1, -0.05) is 70.5 Å². The standard InChI is InChI=1S/C24H15BrClNO2/c25-13-6-5-7-14(12-13)27-22(28)20-19-15-8-1-3-10-17(15)24(26,21(20)23(27)29)18-11-4-2-9-16(18)19/h1-12,19-21H/t19?,20-,21-,24?/m0/s1. The predicted molar refractivity (Wildman–Crippen MR) is 115 cm³/mol. The van der Waals surface area contributed by atoms with Gasteiger partial charge in [0, 0.05) is 10.4 Å². The fourth-order valence-corrected chi connectivity index (χ4v) is 6.51. The van der Waals surface area contributed by atoms with Gasteiger partial charge in [0.05, 0.1) is 17.5 Å². The Kier molecular flexibility index (Phi) is 3.49. The fourth-order valence-electron chi connectivity index (χ4n) is 5.55. The Labute approximate surface area is 181 Å². The molecule has 7 rings (SSSR count). The largest absolute Gasteiger partial charge is 0.274 e. The van der Waals surface area contributed by atoms with Crippen LogP contribution in [0, 0.1) is 11.8 Å². The first-order valence-electron chi connectivity index (χ1n) is 9.54. The van der Waals surface area contributed by atoms with Crippen molar-refractivity contribution in [2.24, 2.45) is 11.8 Å². The number of halogens is 2. The fraction of sp³-hybridized carbons (Fsp3) is 0.167. The molecule has 29 heavy (non-hydrogen) atoms. The molecular weight excluding hydrogens is 450 g/mol. The molecule has 1 heterocycles. The zero-order valence-electron chi connectivity index (χ0n) is 15.2. The molecule has 0 unspecified atom stereocenters. The van der Waals surface area contributed by atoms with E-state index in [-0.39, 0.29) is 17.7 Å². The summed E-state index contributed by atoms with van der Waals surface area (Å²) >= 11 is 10.8. The molecule has 2 bridgehead atoms. The van der Waals surface area contributed by atoms with Gasteiger partial charge in [-0.15, -0.1) is 11.6 Å². The predicted octanol–water partition coefficient (Wildman–Crippen LogP) is 5.20. The number of anilines is 1. The number of nitrogens with zero attached hydrogens (tertiary/aromatic N) is 1. The average molecular weight is 465 g/mol. The molecule has 5 heteroatoms. The van der Waals surface area contributed by atoms with Crippen molar-refractivity contribution in [1.82, 2.24) is 0 Å². The van der Waals surface area contributed by atoms with Gasteiger partial charge >= 0.3 is 0 Å². The summed E-state index contributed by atoms with van der Waals surface area (Å²) in [4.78, 5) is 27.6. The van der Waals surface area contributed by atoms with Crippen molar-refractivity contribution in [3.8, 4) is 0 Å². The molecule has 1 aliphatic heterocycles. The summed E-state index contributed by atoms with van der Waals surface area (Å²) < 4.78 is 0.820. The van der Waals surface area contributed by atoms with Crippen LogP contribution in [0.15, 0.2) is 77.3 Å². The Morgan fingerprint density at radius 1 is 0.828 bits per heavy atom. The third-order valence-electron chi connectivity index (χ3n) is 6.58. The van der Waals surface area contributed by atoms with Crippen molar-refractivity contribution < 1.29 is 9.59 Å². The van der Waals surface area contributed by atoms with E-state index < -0.39 is 16.7 Å². The number of amides is 2. The molecule has 2 atom stereocenters. The van der Waals surface area contributed by atoms with Crippen LogP contribution in [-0.4, -0.2) is 11.8 Å². The molecule has 0 radical (unpaired) electrons. The summed E-state index contributed by atoms with van der Waals surface area (Å²) in [6, 6.07) is 23.3. The van der Waals surface area contributed by atoms with Crippen LogP contribution < -0.4 is 4.90 Å². The topological polar surface area (TPSA) is 37.4 Å². The molecule has 2 amide bonds. The van der Waals surface area contributed by atoms with Crippen molar-refractivity contribution in [3.63, 3.8) is 0 Å². The first-order valence-corrected chi connectivity index (χ1v) is 10.7. The van der Waals surface area contributed by atoms with Gasteiger partial charge in [0.1, 0.15) is 4.87 Å². The van der Waals surface area contributed by atoms with E-state index >= 15 is 0 Å². The SMILES string of the molecule is O=C1[C@@H]2[C@@H](C(=O)N1c1cccc(Br)c1)C1c3ccccc3C2(Cl)c2ccccc21. The first kappa shape index (κ1) is 17.4. The molecular formula is C24H15BrClNO2. The second-order valence-corrected chi connectivity index (χ2v) is 9.37. The Hall–Kier alpha value is -2.43. The van der Waals surface area contributed by atoms with Gasteiger partial charge < -0.3 is 0 Å². The highest BCUT2D eigenvalue weighted by Gasteiger charge is 2.67. The number of benzene rings is 3. The van der Waals surface area contributed by atoms with Crippen LogP contribution in [-0.2, 0) is 14.5 Å². The minimum absolute atomic E-state index is 0.165. The lowest BCUT2D eigenvalue weighted by molar-refractivity contribution is -0.122. The van der Waals surface area contributed by atoms with Gasteiger partial charge in [0.15, 0.2) is 0 Å². The summed E-state index contributed by atoms with van der Waals surface area (Å²) in [7, 11) is 0. The average Bonchev–Trinajstić information content (AvgIpc) is 3.00. The van der Waals surface area contributed by atoms with Crippen LogP contribution in [0.5, 0.6) is 0 Å². The van der Waals surface area contributed by atoms with Crippen LogP contribution in [0.3, 0.4) is 0 Å². The van der Waals surface area contributed by atoms with Gasteiger partial charge in [0.2, 0.25) is 11.8 Å². The minimum atomic E-state index is -1.04. The number of carbonyl (C=O) groups excluding carboxylic acids is 2. The van der Waals surface area contributed by atoms with Crippen LogP contribution in [0.2, 0.25) is 0 Å². The molecule has 0 aromatic heterocycles. The minimum Gasteiger partial charge on any atom is -0.274 e. The zero-order valence-corrected chi connectivity index (χ0v) is 17.5. The maximum atomic E-state index is 13.7. The number of alkyl halides is 1. The Balaban J connectivity index is 1.63. The molecule has 1 saturated heterocycles. The maximum Gasteiger partial charge on any atom is 0.240 e. The monoisotopic (exact) mass is 463 g/mol. The van der Waals surface area contributed by atoms with Gasteiger partial charge in [-0.05, 0) is 40.5 Å². The number of rotatable bonds is 1. The molecule has 4 aliphatic rings. The normalized spacial score (nSPS) is 28.9. The van der Waals surface area contributed by atoms with Crippen LogP contribution in [0.25, 0.3) is 0 Å². The highest BCUT2D eigenvalue weighted by molar-refractivity contribution is 9.10. The third kappa shape index (κ3) is 2.03. The molecule has 0 N–H and O–H groups in total. The van der Waals surface area contributed by atoms with E-state index in [2.05, 4.69) is 15.9 Å². The lowest BCUT2D eigenvalue weighted by Gasteiger charge is -2.50. The van der Waals surface area contributed by atoms with Crippen LogP contribution >= 0.6 is 27.5 Å². The number of hydrogen-bond donors (Lipinski definition) is 0. The number of carbonyl (C=O) groups is 2. The van der Waals surface area contributed by atoms with Gasteiger partial charge in [-0.25, -0.2) is 4.90 Å². The van der Waals surface area contributed by atoms with Crippen molar-refractivity contribution in [2.75, 3.05) is 4.90 Å². The lowest BCUT2D eigenvalue weighted by atomic mass is 9.54. The molecule has 0 spiro atoms. The summed E-state index contributed by atoms with van der Waals surface area (Å²) in [6.45, 7) is 0. The Morgan fingerprint density at radius 3 is 2.07 bits per heavy atom. The van der Waals surface area contributed by atoms with Gasteiger partial charge in [-0.2, -0.15) is 0 Å². The number of hydrogen-bond acceptors (Lipinski definition) is 2. The van der Waals surface area contributed by atoms with Crippen molar-refractivity contribution in [2.45, 2.75) is 10.8 Å². The molecule has 3 nitrogen and oxygen atoms in total. The van der Waals surface area contributed by atoms with E-state index in [1.54, 1.807) is 12.1 Å². The number of imide groups is 1. The van der Waals surface area contributed by atoms with Crippen molar-refractivity contribution >= 4 is 45.0 Å². The molecule has 3 aromatic rings. The molecule has 3 aliphatic carbocycles. The third-order valence-corrected chi connectivity index (χ3v) is 7.72. The van der Waals surface area contributed by atoms with Gasteiger partial charge in [-0.3, -0.25) is 9.59 Å². The maximum absolute atomic E-state index is 13.7. The lowest BCUT2D eigenvalue weighted by Crippen LogP contribution is -2.50. The second kappa shape index (κ2) is 5.80. The van der Waals surface area contributed by atoms with E-state index in [4.69, 9.17) is 11.6 Å². The molecule has 3 aromatic carbocycles. The molecule has 142 valence electrons. The zero-order chi connectivity index (χ0) is 19.9. The Morgan fingerprint density at radius 2 is 1.45 bits per heavy atom. The van der Waals surface area contributed by atoms with E-state index in [0.717, 1.165) is 26.7 Å². The summed E-state index contributed by atoms with van der Waals surface area (Å²) in [6.07, 6.45) is 0. The Bertz CT molecular complexity index is 1180. The first-order chi connectivity index (χ1) is 14.0. The van der Waals surface area contributed by atoms with E-state index in [9.17, 15) is 9.59 Å². The summed E-state index contributed by atoms with van der Waals surface area (Å²) in [5.41, 5.74) is 4.59. The van der Waals surface area contributed by atoms with Crippen molar-refractivity contribution in [1.29, 1.82) is 0 Å². The van der Waals surface area contributed by atoms with Gasteiger partial charge in [0.25, 0.3) is 0 Å². The van der Waals surface area contributed by atoms with Crippen LogP contribution in [0.1, 0.15) is 28.2 Å². The van der Waals surface area contributed by atoms with E-state index in [1.165, 1.54) is 4.90 Å². The highest BCUT2D eigenvalue weighted by atomic mass is 79.9. The van der Waals surface area contributed by atoms with E-state index in [1.807, 2.05) is 60.7 Å². The van der Waals surface area contributed by atoms with E-state index in [0.29, 0.717) is 5.69 Å². The van der Waals surface area contributed by atoms with Crippen LogP contribution in [0.4, 0.5) is 5.69 Å². The second-order valence-electron chi connectivity index (χ2n) is 7.86.